The summed E-state index contributed by atoms with van der Waals surface area (Å²) in [5.41, 5.74) is 0.110. The van der Waals surface area contributed by atoms with E-state index in [0.29, 0.717) is 47.4 Å². The topological polar surface area (TPSA) is 75.6 Å². The van der Waals surface area contributed by atoms with E-state index in [4.69, 9.17) is 34.2 Å². The molecule has 13 heteroatoms. The summed E-state index contributed by atoms with van der Waals surface area (Å²) in [6.07, 6.45) is 3.57. The maximum absolute atomic E-state index is 12.6. The van der Waals surface area contributed by atoms with Crippen LogP contribution < -0.4 is 4.74 Å². The van der Waals surface area contributed by atoms with Crippen molar-refractivity contribution >= 4 is 103 Å². The number of carbonyl (C=O) groups excluding carboxylic acids is 2. The Morgan fingerprint density at radius 2 is 1.38 bits per heavy atom. The van der Waals surface area contributed by atoms with E-state index in [0.717, 1.165) is 15.4 Å². The van der Waals surface area contributed by atoms with Crippen LogP contribution in [0.15, 0.2) is 9.81 Å². The standard InChI is InChI=1S/C21H18N4O3S6/c1-5-24-17(26)9(31-19(24)29)7-11-22-15-13(33-11)14-16(28-21(15,3)4)23-12(34-14)8-10-18(27)25(6-2)20(30)32-10/h7-8H,5-6H2,1-4H3/b9-7-,10-8-. The third kappa shape index (κ3) is 3.95. The quantitative estimate of drug-likeness (QED) is 0.360. The number of carbonyl (C=O) groups is 2. The van der Waals surface area contributed by atoms with Gasteiger partial charge in [-0.25, -0.2) is 9.97 Å². The van der Waals surface area contributed by atoms with Crippen molar-refractivity contribution in [2.45, 2.75) is 33.3 Å². The van der Waals surface area contributed by atoms with Crippen molar-refractivity contribution in [2.75, 3.05) is 13.1 Å². The van der Waals surface area contributed by atoms with Crippen LogP contribution in [0.25, 0.3) is 21.9 Å². The molecule has 0 aliphatic carbocycles. The molecule has 0 aromatic carbocycles. The molecule has 2 amide bonds. The summed E-state index contributed by atoms with van der Waals surface area (Å²) in [4.78, 5) is 40.8. The molecule has 0 N–H and O–H groups in total. The van der Waals surface area contributed by atoms with E-state index in [1.54, 1.807) is 22.0 Å². The monoisotopic (exact) mass is 566 g/mol. The average molecular weight is 567 g/mol. The number of nitrogens with zero attached hydrogens (tertiary/aromatic N) is 4. The highest BCUT2D eigenvalue weighted by molar-refractivity contribution is 8.27. The molecule has 2 saturated heterocycles. The van der Waals surface area contributed by atoms with E-state index >= 15 is 0 Å². The van der Waals surface area contributed by atoms with Gasteiger partial charge in [0, 0.05) is 13.1 Å². The van der Waals surface area contributed by atoms with E-state index in [1.807, 2.05) is 27.7 Å². The summed E-state index contributed by atoms with van der Waals surface area (Å²) in [5, 5.41) is 1.38. The second-order valence-corrected chi connectivity index (χ2v) is 13.3. The number of fused-ring (bicyclic) bond motifs is 3. The van der Waals surface area contributed by atoms with Crippen LogP contribution in [0.1, 0.15) is 43.4 Å². The first kappa shape index (κ1) is 24.1. The number of hydrogen-bond acceptors (Lipinski definition) is 11. The summed E-state index contributed by atoms with van der Waals surface area (Å²) < 4.78 is 7.32. The Morgan fingerprint density at radius 1 is 0.882 bits per heavy atom. The minimum Gasteiger partial charge on any atom is -0.464 e. The molecule has 0 saturated carbocycles. The third-order valence-corrected chi connectivity index (χ3v) is 10.2. The molecule has 176 valence electrons. The molecule has 7 nitrogen and oxygen atoms in total. The normalized spacial score (nSPS) is 21.6. The van der Waals surface area contributed by atoms with Gasteiger partial charge in [0.15, 0.2) is 0 Å². The van der Waals surface area contributed by atoms with E-state index in [2.05, 4.69) is 4.98 Å². The third-order valence-electron chi connectivity index (χ3n) is 5.27. The van der Waals surface area contributed by atoms with Crippen LogP contribution in [0.5, 0.6) is 5.88 Å². The number of ether oxygens (including phenoxy) is 1. The minimum absolute atomic E-state index is 0.0914. The smallest absolute Gasteiger partial charge is 0.266 e. The molecule has 0 radical (unpaired) electrons. The highest BCUT2D eigenvalue weighted by atomic mass is 32.2. The maximum Gasteiger partial charge on any atom is 0.266 e. The summed E-state index contributed by atoms with van der Waals surface area (Å²) in [6, 6.07) is 0. The van der Waals surface area contributed by atoms with Gasteiger partial charge in [-0.3, -0.25) is 19.4 Å². The molecule has 2 fully saturated rings. The molecule has 3 aliphatic rings. The molecular weight excluding hydrogens is 549 g/mol. The van der Waals surface area contributed by atoms with Gasteiger partial charge < -0.3 is 4.74 Å². The summed E-state index contributed by atoms with van der Waals surface area (Å²) in [5.74, 6) is 0.329. The molecule has 5 rings (SSSR count). The van der Waals surface area contributed by atoms with Crippen LogP contribution in [0.3, 0.4) is 0 Å². The largest absolute Gasteiger partial charge is 0.464 e. The van der Waals surface area contributed by atoms with Crippen LogP contribution in [0.2, 0.25) is 0 Å². The van der Waals surface area contributed by atoms with Crippen LogP contribution in [-0.4, -0.2) is 53.3 Å². The Hall–Kier alpha value is -1.64. The van der Waals surface area contributed by atoms with Gasteiger partial charge >= 0.3 is 0 Å². The minimum atomic E-state index is -0.690. The first-order chi connectivity index (χ1) is 16.1. The summed E-state index contributed by atoms with van der Waals surface area (Å²) >= 11 is 16.1. The van der Waals surface area contributed by atoms with E-state index in [9.17, 15) is 9.59 Å². The van der Waals surface area contributed by atoms with Crippen LogP contribution in [0, 0.1) is 0 Å². The molecule has 5 heterocycles. The van der Waals surface area contributed by atoms with E-state index < -0.39 is 5.60 Å². The Morgan fingerprint density at radius 3 is 1.88 bits per heavy atom. The number of likely N-dealkylation sites (N-methyl/N-ethyl adjacent to an activating group) is 2. The Kier molecular flexibility index (Phi) is 6.22. The zero-order valence-corrected chi connectivity index (χ0v) is 23.4. The number of aromatic nitrogens is 2. The van der Waals surface area contributed by atoms with Gasteiger partial charge in [0.1, 0.15) is 34.8 Å². The lowest BCUT2D eigenvalue weighted by atomic mass is 10.0. The highest BCUT2D eigenvalue weighted by Crippen LogP contribution is 2.51. The summed E-state index contributed by atoms with van der Waals surface area (Å²) in [7, 11) is 0. The molecule has 0 spiro atoms. The Balaban J connectivity index is 1.52. The fourth-order valence-corrected chi connectivity index (χ4v) is 8.70. The predicted molar refractivity (Wildman–Crippen MR) is 148 cm³/mol. The molecule has 2 aromatic heterocycles. The first-order valence-electron chi connectivity index (χ1n) is 10.3. The summed E-state index contributed by atoms with van der Waals surface area (Å²) in [6.45, 7) is 8.77. The molecule has 2 aromatic rings. The van der Waals surface area contributed by atoms with Crippen LogP contribution in [0.4, 0.5) is 0 Å². The average Bonchev–Trinajstić information content (AvgIpc) is 3.49. The first-order valence-corrected chi connectivity index (χ1v) is 14.4. The predicted octanol–water partition coefficient (Wildman–Crippen LogP) is 5.34. The molecule has 0 atom stereocenters. The zero-order chi connectivity index (χ0) is 24.4. The number of thiocarbonyl (C=S) groups is 2. The number of amides is 2. The van der Waals surface area contributed by atoms with Gasteiger partial charge in [0.05, 0.1) is 14.7 Å². The van der Waals surface area contributed by atoms with E-state index in [1.165, 1.54) is 46.2 Å². The van der Waals surface area contributed by atoms with Gasteiger partial charge in [-0.2, -0.15) is 0 Å². The molecule has 3 aliphatic heterocycles. The van der Waals surface area contributed by atoms with Crippen molar-refractivity contribution in [3.05, 3.63) is 25.5 Å². The van der Waals surface area contributed by atoms with Crippen molar-refractivity contribution < 1.29 is 14.3 Å². The number of thioether (sulfide) groups is 2. The van der Waals surface area contributed by atoms with Crippen LogP contribution >= 0.6 is 70.6 Å². The van der Waals surface area contributed by atoms with E-state index in [-0.39, 0.29) is 11.8 Å². The number of rotatable bonds is 4. The lowest BCUT2D eigenvalue weighted by molar-refractivity contribution is -0.122. The lowest BCUT2D eigenvalue weighted by Crippen LogP contribution is -2.29. The molecule has 0 unspecified atom stereocenters. The Bertz CT molecular complexity index is 1340. The Labute approximate surface area is 223 Å². The van der Waals surface area contributed by atoms with Gasteiger partial charge in [-0.05, 0) is 39.8 Å². The number of thiazole rings is 2. The number of hydrogen-bond donors (Lipinski definition) is 0. The maximum atomic E-state index is 12.6. The molecule has 34 heavy (non-hydrogen) atoms. The second kappa shape index (κ2) is 8.79. The fourth-order valence-electron chi connectivity index (χ4n) is 3.62. The SMILES string of the molecule is CCN1C(=O)/C(=C/c2nc3c(s2)-c2sc(/C=C4\SC(=S)N(CC)C4=O)nc2C(C)(C)O3)SC1=S. The zero-order valence-electron chi connectivity index (χ0n) is 18.5. The van der Waals surface area contributed by atoms with Crippen molar-refractivity contribution in [1.29, 1.82) is 0 Å². The van der Waals surface area contributed by atoms with Crippen molar-refractivity contribution in [2.24, 2.45) is 0 Å². The van der Waals surface area contributed by atoms with Gasteiger partial charge in [-0.1, -0.05) is 48.0 Å². The molecule has 0 bridgehead atoms. The highest BCUT2D eigenvalue weighted by Gasteiger charge is 2.39. The van der Waals surface area contributed by atoms with Crippen LogP contribution in [-0.2, 0) is 15.2 Å². The van der Waals surface area contributed by atoms with Crippen molar-refractivity contribution in [3.8, 4) is 15.6 Å². The van der Waals surface area contributed by atoms with Crippen molar-refractivity contribution in [1.82, 2.24) is 19.8 Å². The molecular formula is C21H18N4O3S6. The van der Waals surface area contributed by atoms with Gasteiger partial charge in [-0.15, -0.1) is 22.7 Å². The van der Waals surface area contributed by atoms with Crippen molar-refractivity contribution in [3.63, 3.8) is 0 Å². The van der Waals surface area contributed by atoms with Gasteiger partial charge in [0.25, 0.3) is 11.8 Å². The second-order valence-electron chi connectivity index (χ2n) is 7.88. The lowest BCUT2D eigenvalue weighted by Gasteiger charge is -2.28. The fraction of sp³-hybridized carbons (Fsp3) is 0.333. The van der Waals surface area contributed by atoms with Gasteiger partial charge in [0.2, 0.25) is 5.88 Å².